The predicted octanol–water partition coefficient (Wildman–Crippen LogP) is 3.73. The second kappa shape index (κ2) is 14.7. The molecular formula is C27H36O5. The quantitative estimate of drug-likeness (QED) is 0.285. The first-order valence-corrected chi connectivity index (χ1v) is 11.5. The molecule has 0 spiro atoms. The molecule has 0 aliphatic heterocycles. The lowest BCUT2D eigenvalue weighted by molar-refractivity contribution is -0.121. The van der Waals surface area contributed by atoms with Crippen molar-refractivity contribution in [1.82, 2.24) is 0 Å². The first-order chi connectivity index (χ1) is 15.5. The number of rotatable bonds is 15. The number of hydrogen-bond donors (Lipinski definition) is 3. The molecule has 2 rings (SSSR count). The molecular weight excluding hydrogens is 404 g/mol. The number of Topliss-reactive ketones (excluding diaryl/α,β-unsaturated/α-hetero) is 2. The molecule has 1 aromatic rings. The number of aryl methyl sites for hydroxylation is 1. The van der Waals surface area contributed by atoms with Crippen LogP contribution in [-0.2, 0) is 16.0 Å². The smallest absolute Gasteiger partial charge is 0.144 e. The maximum Gasteiger partial charge on any atom is 0.144 e. The topological polar surface area (TPSA) is 94.8 Å². The molecule has 0 fully saturated rings. The molecule has 1 aliphatic carbocycles. The van der Waals surface area contributed by atoms with Gasteiger partial charge in [0.1, 0.15) is 11.6 Å². The van der Waals surface area contributed by atoms with E-state index in [4.69, 9.17) is 10.2 Å². The number of hydrogen-bond acceptors (Lipinski definition) is 5. The first kappa shape index (κ1) is 25.9. The molecule has 0 amide bonds. The lowest BCUT2D eigenvalue weighted by Gasteiger charge is -2.10. The molecule has 2 atom stereocenters. The van der Waals surface area contributed by atoms with Gasteiger partial charge < -0.3 is 15.3 Å². The van der Waals surface area contributed by atoms with Gasteiger partial charge in [-0.25, -0.2) is 0 Å². The van der Waals surface area contributed by atoms with E-state index in [9.17, 15) is 14.7 Å². The molecule has 1 aromatic carbocycles. The molecule has 5 nitrogen and oxygen atoms in total. The molecule has 0 heterocycles. The molecule has 0 saturated heterocycles. The fourth-order valence-corrected chi connectivity index (χ4v) is 3.80. The summed E-state index contributed by atoms with van der Waals surface area (Å²) in [6.45, 7) is -0.349. The first-order valence-electron chi connectivity index (χ1n) is 11.5. The highest BCUT2D eigenvalue weighted by Crippen LogP contribution is 2.27. The number of unbranched alkanes of at least 4 members (excludes halogenated alkanes) is 1. The van der Waals surface area contributed by atoms with E-state index in [1.165, 1.54) is 5.56 Å². The van der Waals surface area contributed by atoms with E-state index < -0.39 is 6.10 Å². The SMILES string of the molecule is O=C(CCCC=CC[C@H]1C(=O)CC=C1C=C[C@@H](O)CCc1ccccc1)CC(CO)CO. The van der Waals surface area contributed by atoms with Crippen LogP contribution < -0.4 is 0 Å². The Labute approximate surface area is 191 Å². The van der Waals surface area contributed by atoms with Crippen LogP contribution in [0, 0.1) is 11.8 Å². The van der Waals surface area contributed by atoms with Gasteiger partial charge in [-0.2, -0.15) is 0 Å². The van der Waals surface area contributed by atoms with Gasteiger partial charge in [-0.3, -0.25) is 9.59 Å². The second-order valence-corrected chi connectivity index (χ2v) is 8.45. The van der Waals surface area contributed by atoms with Gasteiger partial charge in [0, 0.05) is 44.3 Å². The minimum absolute atomic E-state index is 0.0543. The zero-order chi connectivity index (χ0) is 23.2. The summed E-state index contributed by atoms with van der Waals surface area (Å²) in [7, 11) is 0. The molecule has 1 aliphatic rings. The number of aliphatic hydroxyl groups is 3. The number of aliphatic hydroxyl groups excluding tert-OH is 3. The highest BCUT2D eigenvalue weighted by Gasteiger charge is 2.24. The van der Waals surface area contributed by atoms with Crippen molar-refractivity contribution >= 4 is 11.6 Å². The van der Waals surface area contributed by atoms with Gasteiger partial charge in [-0.1, -0.05) is 60.7 Å². The summed E-state index contributed by atoms with van der Waals surface area (Å²) in [5.41, 5.74) is 2.16. The molecule has 0 bridgehead atoms. The van der Waals surface area contributed by atoms with Gasteiger partial charge >= 0.3 is 0 Å². The van der Waals surface area contributed by atoms with Crippen molar-refractivity contribution in [2.75, 3.05) is 13.2 Å². The summed E-state index contributed by atoms with van der Waals surface area (Å²) in [5, 5.41) is 28.3. The lowest BCUT2D eigenvalue weighted by Crippen LogP contribution is -2.15. The third-order valence-electron chi connectivity index (χ3n) is 5.81. The van der Waals surface area contributed by atoms with Crippen molar-refractivity contribution in [3.05, 3.63) is 71.8 Å². The summed E-state index contributed by atoms with van der Waals surface area (Å²) in [6.07, 6.45) is 13.7. The van der Waals surface area contributed by atoms with E-state index in [0.717, 1.165) is 18.4 Å². The number of allylic oxidation sites excluding steroid dienone is 5. The maximum atomic E-state index is 12.2. The summed E-state index contributed by atoms with van der Waals surface area (Å²) >= 11 is 0. The highest BCUT2D eigenvalue weighted by atomic mass is 16.3. The molecule has 5 heteroatoms. The third kappa shape index (κ3) is 9.43. The minimum Gasteiger partial charge on any atom is -0.396 e. The monoisotopic (exact) mass is 440 g/mol. The van der Waals surface area contributed by atoms with E-state index in [2.05, 4.69) is 0 Å². The fraction of sp³-hybridized carbons (Fsp3) is 0.481. The van der Waals surface area contributed by atoms with Crippen LogP contribution in [0.3, 0.4) is 0 Å². The summed E-state index contributed by atoms with van der Waals surface area (Å²) in [5.74, 6) is -0.275. The third-order valence-corrected chi connectivity index (χ3v) is 5.81. The van der Waals surface area contributed by atoms with E-state index in [-0.39, 0.29) is 43.0 Å². The zero-order valence-electron chi connectivity index (χ0n) is 18.7. The summed E-state index contributed by atoms with van der Waals surface area (Å²) in [6, 6.07) is 10.1. The molecule has 174 valence electrons. The number of carbonyl (C=O) groups is 2. The van der Waals surface area contributed by atoms with E-state index in [1.807, 2.05) is 54.6 Å². The Balaban J connectivity index is 1.70. The van der Waals surface area contributed by atoms with Gasteiger partial charge in [-0.15, -0.1) is 0 Å². The average molecular weight is 441 g/mol. The molecule has 0 radical (unpaired) electrons. The standard InChI is InChI=1S/C27H36O5/c28-19-22(20-29)18-25(31)10-6-1-2-7-11-26-23(14-17-27(26)32)13-16-24(30)15-12-21-8-4-3-5-9-21/h2-5,7-9,13-14,16,22,24,26,28-30H,1,6,10-12,15,17-20H2/t24-,26+/m0/s1. The molecule has 0 aromatic heterocycles. The Morgan fingerprint density at radius 1 is 1.12 bits per heavy atom. The van der Waals surface area contributed by atoms with Crippen LogP contribution in [0.4, 0.5) is 0 Å². The maximum absolute atomic E-state index is 12.2. The average Bonchev–Trinajstić information content (AvgIpc) is 3.16. The van der Waals surface area contributed by atoms with E-state index in [0.29, 0.717) is 32.1 Å². The number of ketones is 2. The van der Waals surface area contributed by atoms with Crippen LogP contribution in [0.25, 0.3) is 0 Å². The van der Waals surface area contributed by atoms with Crippen LogP contribution in [0.15, 0.2) is 66.3 Å². The van der Waals surface area contributed by atoms with Crippen LogP contribution in [0.5, 0.6) is 0 Å². The van der Waals surface area contributed by atoms with Crippen molar-refractivity contribution in [2.45, 2.75) is 57.5 Å². The Kier molecular flexibility index (Phi) is 11.9. The molecule has 32 heavy (non-hydrogen) atoms. The van der Waals surface area contributed by atoms with Gasteiger partial charge in [0.15, 0.2) is 0 Å². The number of benzene rings is 1. The summed E-state index contributed by atoms with van der Waals surface area (Å²) in [4.78, 5) is 24.1. The second-order valence-electron chi connectivity index (χ2n) is 8.45. The van der Waals surface area contributed by atoms with Gasteiger partial charge in [0.2, 0.25) is 0 Å². The zero-order valence-corrected chi connectivity index (χ0v) is 18.7. The Hall–Kier alpha value is -2.34. The van der Waals surface area contributed by atoms with Crippen molar-refractivity contribution in [2.24, 2.45) is 11.8 Å². The molecule has 0 unspecified atom stereocenters. The molecule has 0 saturated carbocycles. The van der Waals surface area contributed by atoms with Crippen molar-refractivity contribution in [3.8, 4) is 0 Å². The van der Waals surface area contributed by atoms with E-state index in [1.54, 1.807) is 6.08 Å². The lowest BCUT2D eigenvalue weighted by atomic mass is 9.95. The van der Waals surface area contributed by atoms with Gasteiger partial charge in [0.05, 0.1) is 6.10 Å². The van der Waals surface area contributed by atoms with E-state index >= 15 is 0 Å². The fourth-order valence-electron chi connectivity index (χ4n) is 3.80. The highest BCUT2D eigenvalue weighted by molar-refractivity contribution is 5.89. The van der Waals surface area contributed by atoms with Crippen LogP contribution >= 0.6 is 0 Å². The van der Waals surface area contributed by atoms with Gasteiger partial charge in [-0.05, 0) is 43.2 Å². The summed E-state index contributed by atoms with van der Waals surface area (Å²) < 4.78 is 0. The Bertz CT molecular complexity index is 790. The Morgan fingerprint density at radius 2 is 1.88 bits per heavy atom. The van der Waals surface area contributed by atoms with Crippen molar-refractivity contribution in [3.63, 3.8) is 0 Å². The van der Waals surface area contributed by atoms with Gasteiger partial charge in [0.25, 0.3) is 0 Å². The predicted molar refractivity (Wildman–Crippen MR) is 126 cm³/mol. The van der Waals surface area contributed by atoms with Crippen LogP contribution in [-0.4, -0.2) is 46.2 Å². The minimum atomic E-state index is -0.545. The van der Waals surface area contributed by atoms with Crippen LogP contribution in [0.2, 0.25) is 0 Å². The van der Waals surface area contributed by atoms with Crippen molar-refractivity contribution < 1.29 is 24.9 Å². The van der Waals surface area contributed by atoms with Crippen molar-refractivity contribution in [1.29, 1.82) is 0 Å². The largest absolute Gasteiger partial charge is 0.396 e. The molecule has 3 N–H and O–H groups in total. The Morgan fingerprint density at radius 3 is 2.59 bits per heavy atom. The number of carbonyl (C=O) groups excluding carboxylic acids is 2. The normalized spacial score (nSPS) is 17.6. The van der Waals surface area contributed by atoms with Crippen LogP contribution in [0.1, 0.15) is 50.5 Å².